The molecule has 0 spiro atoms. The molecule has 25 heavy (non-hydrogen) atoms. The van der Waals surface area contributed by atoms with Gasteiger partial charge in [0.05, 0.1) is 24.6 Å². The van der Waals surface area contributed by atoms with E-state index < -0.39 is 0 Å². The maximum Gasteiger partial charge on any atom is 0.236 e. The number of aromatic nitrogens is 2. The smallest absolute Gasteiger partial charge is 0.236 e. The lowest BCUT2D eigenvalue weighted by Crippen LogP contribution is -2.17. The number of hydrogen-bond donors (Lipinski definition) is 0. The molecule has 0 aliphatic carbocycles. The third-order valence-electron chi connectivity index (χ3n) is 4.55. The number of rotatable bonds is 8. The predicted molar refractivity (Wildman–Crippen MR) is 103 cm³/mol. The van der Waals surface area contributed by atoms with E-state index in [0.717, 1.165) is 59.6 Å². The molecule has 1 aromatic carbocycles. The Bertz CT molecular complexity index is 709. The van der Waals surface area contributed by atoms with E-state index in [2.05, 4.69) is 40.7 Å². The standard InChI is InChI=1S/C21H30N2O2/c1-7-15(8-2)25-21-19(10-4)22-20(18(9-3)23-21)17-12-11-16(24-6)13-14(17)5/h11-13,15H,7-10H2,1-6H3. The molecule has 2 aromatic rings. The average Bonchev–Trinajstić information content (AvgIpc) is 2.65. The Balaban J connectivity index is 2.52. The number of ether oxygens (including phenoxy) is 2. The van der Waals surface area contributed by atoms with E-state index in [1.807, 2.05) is 12.1 Å². The van der Waals surface area contributed by atoms with Gasteiger partial charge in [-0.05, 0) is 56.4 Å². The summed E-state index contributed by atoms with van der Waals surface area (Å²) >= 11 is 0. The second kappa shape index (κ2) is 8.84. The van der Waals surface area contributed by atoms with E-state index in [1.54, 1.807) is 7.11 Å². The fourth-order valence-corrected chi connectivity index (χ4v) is 2.92. The van der Waals surface area contributed by atoms with Crippen molar-refractivity contribution in [1.29, 1.82) is 0 Å². The highest BCUT2D eigenvalue weighted by molar-refractivity contribution is 5.67. The Morgan fingerprint density at radius 1 is 0.960 bits per heavy atom. The number of methoxy groups -OCH3 is 1. The van der Waals surface area contributed by atoms with Gasteiger partial charge in [0.2, 0.25) is 5.88 Å². The molecule has 4 nitrogen and oxygen atoms in total. The number of aryl methyl sites for hydroxylation is 3. The normalized spacial score (nSPS) is 11.0. The molecule has 136 valence electrons. The molecule has 2 rings (SSSR count). The average molecular weight is 342 g/mol. The van der Waals surface area contributed by atoms with Crippen LogP contribution >= 0.6 is 0 Å². The summed E-state index contributed by atoms with van der Waals surface area (Å²) in [6, 6.07) is 6.08. The van der Waals surface area contributed by atoms with Crippen LogP contribution < -0.4 is 9.47 Å². The first-order chi connectivity index (χ1) is 12.1. The molecule has 0 atom stereocenters. The van der Waals surface area contributed by atoms with E-state index in [1.165, 1.54) is 0 Å². The fraction of sp³-hybridized carbons (Fsp3) is 0.524. The summed E-state index contributed by atoms with van der Waals surface area (Å²) in [4.78, 5) is 9.78. The third kappa shape index (κ3) is 4.30. The molecule has 1 heterocycles. The summed E-state index contributed by atoms with van der Waals surface area (Å²) in [5.41, 5.74) is 5.10. The van der Waals surface area contributed by atoms with Crippen molar-refractivity contribution < 1.29 is 9.47 Å². The minimum atomic E-state index is 0.192. The lowest BCUT2D eigenvalue weighted by atomic mass is 10.0. The lowest BCUT2D eigenvalue weighted by Gasteiger charge is -2.19. The number of hydrogen-bond acceptors (Lipinski definition) is 4. The quantitative estimate of drug-likeness (QED) is 0.665. The Morgan fingerprint density at radius 3 is 2.16 bits per heavy atom. The maximum absolute atomic E-state index is 6.14. The van der Waals surface area contributed by atoms with E-state index in [4.69, 9.17) is 19.4 Å². The van der Waals surface area contributed by atoms with E-state index >= 15 is 0 Å². The van der Waals surface area contributed by atoms with Gasteiger partial charge < -0.3 is 9.47 Å². The molecule has 0 bridgehead atoms. The second-order valence-corrected chi connectivity index (χ2v) is 6.22. The van der Waals surface area contributed by atoms with Crippen LogP contribution in [0.15, 0.2) is 18.2 Å². The van der Waals surface area contributed by atoms with E-state index in [9.17, 15) is 0 Å². The van der Waals surface area contributed by atoms with Crippen molar-refractivity contribution in [2.75, 3.05) is 7.11 Å². The zero-order chi connectivity index (χ0) is 18.4. The highest BCUT2D eigenvalue weighted by Gasteiger charge is 2.18. The van der Waals surface area contributed by atoms with Crippen LogP contribution in [0.2, 0.25) is 0 Å². The third-order valence-corrected chi connectivity index (χ3v) is 4.55. The minimum Gasteiger partial charge on any atom is -0.497 e. The van der Waals surface area contributed by atoms with Gasteiger partial charge >= 0.3 is 0 Å². The van der Waals surface area contributed by atoms with Crippen molar-refractivity contribution in [2.24, 2.45) is 0 Å². The molecule has 4 heteroatoms. The van der Waals surface area contributed by atoms with E-state index in [-0.39, 0.29) is 6.10 Å². The molecule has 1 aromatic heterocycles. The van der Waals surface area contributed by atoms with Gasteiger partial charge in [-0.1, -0.05) is 27.7 Å². The van der Waals surface area contributed by atoms with Crippen LogP contribution in [0.1, 0.15) is 57.5 Å². The van der Waals surface area contributed by atoms with Crippen molar-refractivity contribution in [3.63, 3.8) is 0 Å². The summed E-state index contributed by atoms with van der Waals surface area (Å²) in [5, 5.41) is 0. The molecule has 0 fully saturated rings. The summed E-state index contributed by atoms with van der Waals surface area (Å²) in [6.45, 7) is 10.6. The van der Waals surface area contributed by atoms with Crippen LogP contribution in [0.3, 0.4) is 0 Å². The predicted octanol–water partition coefficient (Wildman–Crippen LogP) is 5.15. The van der Waals surface area contributed by atoms with Crippen molar-refractivity contribution in [1.82, 2.24) is 9.97 Å². The summed E-state index contributed by atoms with van der Waals surface area (Å²) in [5.74, 6) is 1.56. The maximum atomic E-state index is 6.14. The van der Waals surface area contributed by atoms with Gasteiger partial charge in [-0.3, -0.25) is 0 Å². The van der Waals surface area contributed by atoms with Gasteiger partial charge in [0, 0.05) is 5.56 Å². The summed E-state index contributed by atoms with van der Waals surface area (Å²) < 4.78 is 11.5. The van der Waals surface area contributed by atoms with Crippen molar-refractivity contribution >= 4 is 0 Å². The Kier molecular flexibility index (Phi) is 6.80. The Hall–Kier alpha value is -2.10. The molecule has 0 amide bonds. The number of nitrogens with zero attached hydrogens (tertiary/aromatic N) is 2. The van der Waals surface area contributed by atoms with Gasteiger partial charge in [-0.15, -0.1) is 0 Å². The molecule has 0 aliphatic rings. The summed E-state index contributed by atoms with van der Waals surface area (Å²) in [6.07, 6.45) is 3.76. The van der Waals surface area contributed by atoms with Crippen LogP contribution in [0.5, 0.6) is 11.6 Å². The van der Waals surface area contributed by atoms with Gasteiger partial charge in [0.15, 0.2) is 0 Å². The van der Waals surface area contributed by atoms with Crippen LogP contribution in [-0.2, 0) is 12.8 Å². The van der Waals surface area contributed by atoms with Gasteiger partial charge in [0.25, 0.3) is 0 Å². The Labute approximate surface area is 151 Å². The second-order valence-electron chi connectivity index (χ2n) is 6.22. The zero-order valence-electron chi connectivity index (χ0n) is 16.3. The first-order valence-electron chi connectivity index (χ1n) is 9.29. The van der Waals surface area contributed by atoms with Gasteiger partial charge in [-0.25, -0.2) is 9.97 Å². The molecule has 0 radical (unpaired) electrons. The molecule has 0 saturated heterocycles. The van der Waals surface area contributed by atoms with Crippen LogP contribution in [0, 0.1) is 6.92 Å². The molecular formula is C21H30N2O2. The first-order valence-corrected chi connectivity index (χ1v) is 9.29. The van der Waals surface area contributed by atoms with Crippen molar-refractivity contribution in [2.45, 2.75) is 66.4 Å². The minimum absolute atomic E-state index is 0.192. The van der Waals surface area contributed by atoms with Gasteiger partial charge in [-0.2, -0.15) is 0 Å². The molecule has 0 saturated carbocycles. The zero-order valence-corrected chi connectivity index (χ0v) is 16.3. The van der Waals surface area contributed by atoms with Crippen LogP contribution in [0.25, 0.3) is 11.3 Å². The lowest BCUT2D eigenvalue weighted by molar-refractivity contribution is 0.181. The molecular weight excluding hydrogens is 312 g/mol. The highest BCUT2D eigenvalue weighted by atomic mass is 16.5. The van der Waals surface area contributed by atoms with Crippen LogP contribution in [-0.4, -0.2) is 23.2 Å². The Morgan fingerprint density at radius 2 is 1.64 bits per heavy atom. The molecule has 0 aliphatic heterocycles. The fourth-order valence-electron chi connectivity index (χ4n) is 2.92. The molecule has 0 unspecified atom stereocenters. The van der Waals surface area contributed by atoms with Crippen molar-refractivity contribution in [3.05, 3.63) is 35.2 Å². The van der Waals surface area contributed by atoms with Crippen molar-refractivity contribution in [3.8, 4) is 22.9 Å². The number of benzene rings is 1. The summed E-state index contributed by atoms with van der Waals surface area (Å²) in [7, 11) is 1.69. The van der Waals surface area contributed by atoms with Gasteiger partial charge in [0.1, 0.15) is 11.4 Å². The largest absolute Gasteiger partial charge is 0.497 e. The highest BCUT2D eigenvalue weighted by Crippen LogP contribution is 2.30. The topological polar surface area (TPSA) is 44.2 Å². The van der Waals surface area contributed by atoms with Crippen LogP contribution in [0.4, 0.5) is 0 Å². The monoisotopic (exact) mass is 342 g/mol. The first kappa shape index (κ1) is 19.2. The SMILES string of the molecule is CCc1nc(-c2ccc(OC)cc2C)c(CC)nc1OC(CC)CC. The molecule has 0 N–H and O–H groups in total. The van der Waals surface area contributed by atoms with E-state index in [0.29, 0.717) is 5.88 Å².